The third-order valence-electron chi connectivity index (χ3n) is 4.42. The van der Waals surface area contributed by atoms with Gasteiger partial charge in [0.1, 0.15) is 0 Å². The highest BCUT2D eigenvalue weighted by atomic mass is 35.5. The first kappa shape index (κ1) is 19.0. The number of hydrogen-bond donors (Lipinski definition) is 1. The van der Waals surface area contributed by atoms with Gasteiger partial charge in [-0.15, -0.1) is 0 Å². The molecule has 5 nitrogen and oxygen atoms in total. The predicted octanol–water partition coefficient (Wildman–Crippen LogP) is 2.93. The predicted molar refractivity (Wildman–Crippen MR) is 94.7 cm³/mol. The summed E-state index contributed by atoms with van der Waals surface area (Å²) in [7, 11) is 1.82. The molecule has 1 atom stereocenters. The van der Waals surface area contributed by atoms with Crippen molar-refractivity contribution in [3.63, 3.8) is 0 Å². The van der Waals surface area contributed by atoms with E-state index in [4.69, 9.17) is 28.3 Å². The molecule has 1 fully saturated rings. The van der Waals surface area contributed by atoms with Gasteiger partial charge in [-0.05, 0) is 44.0 Å². The number of hydrogen-bond acceptors (Lipinski definition) is 3. The summed E-state index contributed by atoms with van der Waals surface area (Å²) in [5.41, 5.74) is 0.773. The van der Waals surface area contributed by atoms with Crippen LogP contribution in [-0.2, 0) is 16.0 Å². The quantitative estimate of drug-likeness (QED) is 0.862. The fourth-order valence-corrected chi connectivity index (χ4v) is 3.53. The number of carbonyl (C=O) groups excluding carboxylic acids is 1. The molecule has 1 heterocycles. The first-order chi connectivity index (χ1) is 11.4. The molecule has 2 rings (SSSR count). The lowest BCUT2D eigenvalue weighted by Crippen LogP contribution is -2.37. The number of carbonyl (C=O) groups is 2. The van der Waals surface area contributed by atoms with Crippen molar-refractivity contribution in [3.8, 4) is 0 Å². The minimum Gasteiger partial charge on any atom is -0.480 e. The summed E-state index contributed by atoms with van der Waals surface area (Å²) in [6.45, 7) is 1.36. The number of carboxylic acid groups (broad SMARTS) is 1. The monoisotopic (exact) mass is 372 g/mol. The van der Waals surface area contributed by atoms with Crippen LogP contribution >= 0.6 is 23.2 Å². The van der Waals surface area contributed by atoms with Crippen molar-refractivity contribution in [3.05, 3.63) is 33.8 Å². The Bertz CT molecular complexity index is 609. The molecule has 7 heteroatoms. The lowest BCUT2D eigenvalue weighted by molar-refractivity contribution is -0.138. The van der Waals surface area contributed by atoms with Crippen LogP contribution in [0.3, 0.4) is 0 Å². The molecule has 1 N–H and O–H groups in total. The van der Waals surface area contributed by atoms with Crippen LogP contribution in [0, 0.1) is 0 Å². The zero-order valence-electron chi connectivity index (χ0n) is 13.7. The third kappa shape index (κ3) is 5.36. The van der Waals surface area contributed by atoms with Gasteiger partial charge >= 0.3 is 5.97 Å². The first-order valence-electron chi connectivity index (χ1n) is 8.00. The molecular formula is C17H22Cl2N2O3. The fourth-order valence-electron chi connectivity index (χ4n) is 3.05. The van der Waals surface area contributed by atoms with Gasteiger partial charge in [-0.2, -0.15) is 0 Å². The Labute approximate surface area is 152 Å². The normalized spacial score (nSPS) is 18.5. The number of likely N-dealkylation sites (N-methyl/N-ethyl adjacent to an activating group) is 1. The number of likely N-dealkylation sites (tertiary alicyclic amines) is 1. The Morgan fingerprint density at radius 2 is 2.04 bits per heavy atom. The number of rotatable bonds is 5. The summed E-state index contributed by atoms with van der Waals surface area (Å²) in [6.07, 6.45) is 2.81. The van der Waals surface area contributed by atoms with Crippen molar-refractivity contribution in [1.29, 1.82) is 0 Å². The van der Waals surface area contributed by atoms with Crippen LogP contribution in [0.25, 0.3) is 0 Å². The fraction of sp³-hybridized carbons (Fsp3) is 0.529. The average Bonchev–Trinajstić information content (AvgIpc) is 2.75. The van der Waals surface area contributed by atoms with E-state index < -0.39 is 5.97 Å². The third-order valence-corrected chi connectivity index (χ3v) is 5.00. The molecule has 1 aliphatic rings. The SMILES string of the molecule is CN(CC(=O)O)C1CCCN(C(=O)Cc2ccc(Cl)cc2Cl)CC1. The number of nitrogens with zero attached hydrogens (tertiary/aromatic N) is 2. The molecule has 132 valence electrons. The molecule has 0 aliphatic carbocycles. The summed E-state index contributed by atoms with van der Waals surface area (Å²) >= 11 is 12.0. The van der Waals surface area contributed by atoms with Crippen LogP contribution in [0.2, 0.25) is 10.0 Å². The Hall–Kier alpha value is -1.30. The molecule has 1 unspecified atom stereocenters. The van der Waals surface area contributed by atoms with E-state index in [0.29, 0.717) is 23.1 Å². The standard InChI is InChI=1S/C17H22Cl2N2O3/c1-20(11-17(23)24)14-3-2-7-21(8-6-14)16(22)9-12-4-5-13(18)10-15(12)19/h4-5,10,14H,2-3,6-9,11H2,1H3,(H,23,24). The van der Waals surface area contributed by atoms with Crippen LogP contribution in [0.4, 0.5) is 0 Å². The molecule has 1 aromatic carbocycles. The summed E-state index contributed by atoms with van der Waals surface area (Å²) < 4.78 is 0. The zero-order chi connectivity index (χ0) is 17.7. The minimum absolute atomic E-state index is 0.0268. The Morgan fingerprint density at radius 3 is 2.71 bits per heavy atom. The maximum atomic E-state index is 12.5. The van der Waals surface area contributed by atoms with E-state index >= 15 is 0 Å². The second-order valence-corrected chi connectivity index (χ2v) is 7.03. The van der Waals surface area contributed by atoms with Gasteiger partial charge < -0.3 is 10.0 Å². The Morgan fingerprint density at radius 1 is 1.29 bits per heavy atom. The lowest BCUT2D eigenvalue weighted by Gasteiger charge is -2.25. The molecule has 0 bridgehead atoms. The van der Waals surface area contributed by atoms with Crippen LogP contribution in [0.1, 0.15) is 24.8 Å². The topological polar surface area (TPSA) is 60.9 Å². The highest BCUT2D eigenvalue weighted by Crippen LogP contribution is 2.23. The highest BCUT2D eigenvalue weighted by molar-refractivity contribution is 6.35. The van der Waals surface area contributed by atoms with Gasteiger partial charge in [0.2, 0.25) is 5.91 Å². The summed E-state index contributed by atoms with van der Waals surface area (Å²) in [5, 5.41) is 9.96. The van der Waals surface area contributed by atoms with Crippen LogP contribution in [0.5, 0.6) is 0 Å². The summed E-state index contributed by atoms with van der Waals surface area (Å²) in [6, 6.07) is 5.35. The molecule has 24 heavy (non-hydrogen) atoms. The highest BCUT2D eigenvalue weighted by Gasteiger charge is 2.24. The smallest absolute Gasteiger partial charge is 0.317 e. The van der Waals surface area contributed by atoms with Crippen LogP contribution < -0.4 is 0 Å². The van der Waals surface area contributed by atoms with Gasteiger partial charge in [-0.3, -0.25) is 14.5 Å². The Balaban J connectivity index is 1.93. The molecule has 1 saturated heterocycles. The van der Waals surface area contributed by atoms with Crippen LogP contribution in [0.15, 0.2) is 18.2 Å². The number of halogens is 2. The van der Waals surface area contributed by atoms with Crippen LogP contribution in [-0.4, -0.2) is 59.5 Å². The second kappa shape index (κ2) is 8.70. The number of aliphatic carboxylic acids is 1. The van der Waals surface area contributed by atoms with Gasteiger partial charge in [0.25, 0.3) is 0 Å². The zero-order valence-corrected chi connectivity index (χ0v) is 15.2. The molecule has 0 saturated carbocycles. The van der Waals surface area contributed by atoms with Crippen molar-refractivity contribution in [2.45, 2.75) is 31.7 Å². The van der Waals surface area contributed by atoms with Crippen molar-refractivity contribution in [2.75, 3.05) is 26.7 Å². The number of carboxylic acids is 1. The van der Waals surface area contributed by atoms with E-state index in [1.807, 2.05) is 16.8 Å². The molecule has 1 aromatic rings. The van der Waals surface area contributed by atoms with Crippen molar-refractivity contribution >= 4 is 35.1 Å². The van der Waals surface area contributed by atoms with Gasteiger partial charge in [0.15, 0.2) is 0 Å². The van der Waals surface area contributed by atoms with E-state index in [-0.39, 0.29) is 24.9 Å². The molecular weight excluding hydrogens is 351 g/mol. The second-order valence-electron chi connectivity index (χ2n) is 6.19. The van der Waals surface area contributed by atoms with E-state index in [1.165, 1.54) is 0 Å². The van der Waals surface area contributed by atoms with Gasteiger partial charge in [0, 0.05) is 29.2 Å². The van der Waals surface area contributed by atoms with Gasteiger partial charge in [-0.25, -0.2) is 0 Å². The van der Waals surface area contributed by atoms with Gasteiger partial charge in [0.05, 0.1) is 13.0 Å². The number of amides is 1. The molecule has 0 spiro atoms. The first-order valence-corrected chi connectivity index (χ1v) is 8.76. The molecule has 0 aromatic heterocycles. The summed E-state index contributed by atoms with van der Waals surface area (Å²) in [4.78, 5) is 27.1. The van der Waals surface area contributed by atoms with E-state index in [1.54, 1.807) is 18.2 Å². The lowest BCUT2D eigenvalue weighted by atomic mass is 10.1. The Kier molecular flexibility index (Phi) is 6.90. The minimum atomic E-state index is -0.827. The maximum absolute atomic E-state index is 12.5. The largest absolute Gasteiger partial charge is 0.480 e. The molecule has 0 radical (unpaired) electrons. The average molecular weight is 373 g/mol. The summed E-state index contributed by atoms with van der Waals surface area (Å²) in [5.74, 6) is -0.784. The molecule has 1 amide bonds. The maximum Gasteiger partial charge on any atom is 0.317 e. The van der Waals surface area contributed by atoms with Crippen molar-refractivity contribution in [1.82, 2.24) is 9.80 Å². The van der Waals surface area contributed by atoms with E-state index in [0.717, 1.165) is 24.8 Å². The van der Waals surface area contributed by atoms with E-state index in [2.05, 4.69) is 0 Å². The number of benzene rings is 1. The van der Waals surface area contributed by atoms with Gasteiger partial charge in [-0.1, -0.05) is 29.3 Å². The van der Waals surface area contributed by atoms with E-state index in [9.17, 15) is 9.59 Å². The van der Waals surface area contributed by atoms with Crippen molar-refractivity contribution < 1.29 is 14.7 Å². The van der Waals surface area contributed by atoms with Crippen molar-refractivity contribution in [2.24, 2.45) is 0 Å². The molecule has 1 aliphatic heterocycles.